The van der Waals surface area contributed by atoms with Crippen LogP contribution in [0, 0.1) is 6.92 Å². The first-order chi connectivity index (χ1) is 9.72. The average molecular weight is 358 g/mol. The molecule has 0 saturated heterocycles. The van der Waals surface area contributed by atoms with Crippen molar-refractivity contribution in [1.82, 2.24) is 4.98 Å². The molecule has 0 spiro atoms. The quantitative estimate of drug-likeness (QED) is 0.759. The minimum absolute atomic E-state index is 0. The fraction of sp³-hybridized carbons (Fsp3) is 0.312. The molecule has 0 fully saturated rings. The largest absolute Gasteiger partial charge is 0.398 e. The smallest absolute Gasteiger partial charge is 0.118 e. The predicted molar refractivity (Wildman–Crippen MR) is 103 cm³/mol. The Morgan fingerprint density at radius 1 is 1.23 bits per heavy atom. The average Bonchev–Trinajstić information content (AvgIpc) is 2.70. The number of benzene rings is 1. The molecule has 120 valence electrons. The molecule has 0 saturated carbocycles. The van der Waals surface area contributed by atoms with Crippen LogP contribution in [0.15, 0.2) is 18.2 Å². The Balaban J connectivity index is 0.00000121. The molecule has 2 aromatic rings. The number of thiazole rings is 1. The van der Waals surface area contributed by atoms with Crippen LogP contribution in [0.2, 0.25) is 0 Å². The van der Waals surface area contributed by atoms with Crippen LogP contribution in [0.1, 0.15) is 34.7 Å². The third-order valence-electron chi connectivity index (χ3n) is 3.56. The van der Waals surface area contributed by atoms with Gasteiger partial charge < -0.3 is 11.1 Å². The number of hydrogen-bond donors (Lipinski definition) is 2. The van der Waals surface area contributed by atoms with Crippen LogP contribution in [0.5, 0.6) is 0 Å². The first kappa shape index (κ1) is 18.8. The number of aromatic nitrogens is 1. The van der Waals surface area contributed by atoms with Crippen molar-refractivity contribution in [3.05, 3.63) is 40.0 Å². The molecule has 0 unspecified atom stereocenters. The van der Waals surface area contributed by atoms with Gasteiger partial charge in [-0.15, -0.1) is 24.8 Å². The topological polar surface area (TPSA) is 50.9 Å². The van der Waals surface area contributed by atoms with Crippen molar-refractivity contribution in [2.45, 2.75) is 26.2 Å². The van der Waals surface area contributed by atoms with Crippen molar-refractivity contribution in [2.24, 2.45) is 0 Å². The van der Waals surface area contributed by atoms with Crippen LogP contribution in [0.4, 0.5) is 10.7 Å². The maximum atomic E-state index is 5.93. The maximum Gasteiger partial charge on any atom is 0.118 e. The van der Waals surface area contributed by atoms with Crippen LogP contribution in [-0.4, -0.2) is 11.5 Å². The molecule has 0 aliphatic carbocycles. The second-order valence-electron chi connectivity index (χ2n) is 5.16. The lowest BCUT2D eigenvalue weighted by Crippen LogP contribution is -1.96. The van der Waals surface area contributed by atoms with Gasteiger partial charge in [-0.05, 0) is 49.5 Å². The third kappa shape index (κ3) is 4.38. The molecular formula is C16H21Cl2N3S. The van der Waals surface area contributed by atoms with Crippen molar-refractivity contribution in [3.8, 4) is 0 Å². The van der Waals surface area contributed by atoms with E-state index in [4.69, 9.17) is 10.7 Å². The maximum absolute atomic E-state index is 5.93. The van der Waals surface area contributed by atoms with Gasteiger partial charge in [0, 0.05) is 12.2 Å². The van der Waals surface area contributed by atoms with Gasteiger partial charge in [0.05, 0.1) is 5.69 Å². The zero-order chi connectivity index (χ0) is 13.9. The highest BCUT2D eigenvalue weighted by molar-refractivity contribution is 7.16. The van der Waals surface area contributed by atoms with E-state index in [0.29, 0.717) is 0 Å². The second-order valence-corrected chi connectivity index (χ2v) is 6.19. The zero-order valence-corrected chi connectivity index (χ0v) is 14.9. The van der Waals surface area contributed by atoms with Gasteiger partial charge in [0.15, 0.2) is 0 Å². The number of hydrogen-bond acceptors (Lipinski definition) is 4. The molecule has 0 atom stereocenters. The normalized spacial score (nSPS) is 13.5. The molecule has 1 aliphatic heterocycles. The number of fused-ring (bicyclic) bond motifs is 1. The Labute approximate surface area is 147 Å². The Kier molecular flexibility index (Phi) is 7.20. The van der Waals surface area contributed by atoms with Crippen LogP contribution in [-0.2, 0) is 6.42 Å². The highest BCUT2D eigenvalue weighted by Crippen LogP contribution is 2.29. The number of nitrogen functional groups attached to an aromatic ring is 1. The SMILES string of the molecule is Cc1ccc(C=Cc2nc3c(s2)NCCCC3)cc1N.Cl.Cl. The monoisotopic (exact) mass is 357 g/mol. The number of nitrogens with one attached hydrogen (secondary N) is 1. The molecule has 0 radical (unpaired) electrons. The highest BCUT2D eigenvalue weighted by Gasteiger charge is 2.12. The van der Waals surface area contributed by atoms with Crippen LogP contribution in [0.3, 0.4) is 0 Å². The molecule has 3 N–H and O–H groups in total. The van der Waals surface area contributed by atoms with Gasteiger partial charge in [0.1, 0.15) is 10.0 Å². The molecule has 0 bridgehead atoms. The third-order valence-corrected chi connectivity index (χ3v) is 4.58. The second kappa shape index (κ2) is 8.42. The van der Waals surface area contributed by atoms with Crippen molar-refractivity contribution >= 4 is 59.0 Å². The molecule has 0 amide bonds. The zero-order valence-electron chi connectivity index (χ0n) is 12.5. The lowest BCUT2D eigenvalue weighted by Gasteiger charge is -2.00. The Bertz CT molecular complexity index is 629. The number of nitrogens with zero attached hydrogens (tertiary/aromatic N) is 1. The number of rotatable bonds is 2. The summed E-state index contributed by atoms with van der Waals surface area (Å²) >= 11 is 1.73. The van der Waals surface area contributed by atoms with E-state index < -0.39 is 0 Å². The summed E-state index contributed by atoms with van der Waals surface area (Å²) in [6, 6.07) is 6.13. The molecule has 3 nitrogen and oxygen atoms in total. The summed E-state index contributed by atoms with van der Waals surface area (Å²) < 4.78 is 0. The number of nitrogens with two attached hydrogens (primary N) is 1. The Hall–Kier alpha value is -1.23. The molecule has 1 aromatic carbocycles. The summed E-state index contributed by atoms with van der Waals surface area (Å²) in [6.45, 7) is 3.08. The fourth-order valence-corrected chi connectivity index (χ4v) is 3.24. The number of halogens is 2. The molecular weight excluding hydrogens is 337 g/mol. The van der Waals surface area contributed by atoms with Gasteiger partial charge in [-0.2, -0.15) is 0 Å². The number of anilines is 2. The van der Waals surface area contributed by atoms with Crippen molar-refractivity contribution in [1.29, 1.82) is 0 Å². The van der Waals surface area contributed by atoms with E-state index >= 15 is 0 Å². The first-order valence-electron chi connectivity index (χ1n) is 7.00. The van der Waals surface area contributed by atoms with Gasteiger partial charge in [-0.3, -0.25) is 0 Å². The minimum Gasteiger partial charge on any atom is -0.398 e. The molecule has 6 heteroatoms. The van der Waals surface area contributed by atoms with E-state index in [0.717, 1.165) is 34.8 Å². The van der Waals surface area contributed by atoms with E-state index in [1.54, 1.807) is 11.3 Å². The van der Waals surface area contributed by atoms with E-state index in [1.165, 1.54) is 23.5 Å². The van der Waals surface area contributed by atoms with E-state index in [-0.39, 0.29) is 24.8 Å². The van der Waals surface area contributed by atoms with Crippen molar-refractivity contribution < 1.29 is 0 Å². The van der Waals surface area contributed by atoms with Crippen LogP contribution < -0.4 is 11.1 Å². The van der Waals surface area contributed by atoms with E-state index in [1.807, 2.05) is 19.1 Å². The lowest BCUT2D eigenvalue weighted by atomic mass is 10.1. The summed E-state index contributed by atoms with van der Waals surface area (Å²) in [4.78, 5) is 4.70. The van der Waals surface area contributed by atoms with Crippen LogP contribution in [0.25, 0.3) is 12.2 Å². The molecule has 3 rings (SSSR count). The van der Waals surface area contributed by atoms with Gasteiger partial charge in [0.25, 0.3) is 0 Å². The fourth-order valence-electron chi connectivity index (χ4n) is 2.30. The summed E-state index contributed by atoms with van der Waals surface area (Å²) in [5.74, 6) is 0. The lowest BCUT2D eigenvalue weighted by molar-refractivity contribution is 0.774. The van der Waals surface area contributed by atoms with E-state index in [2.05, 4.69) is 23.5 Å². The molecule has 2 heterocycles. The highest BCUT2D eigenvalue weighted by atomic mass is 35.5. The van der Waals surface area contributed by atoms with E-state index in [9.17, 15) is 0 Å². The van der Waals surface area contributed by atoms with Crippen molar-refractivity contribution in [3.63, 3.8) is 0 Å². The summed E-state index contributed by atoms with van der Waals surface area (Å²) in [5.41, 5.74) is 10.2. The summed E-state index contributed by atoms with van der Waals surface area (Å²) in [5, 5.41) is 5.76. The van der Waals surface area contributed by atoms with Gasteiger partial charge in [0.2, 0.25) is 0 Å². The van der Waals surface area contributed by atoms with Gasteiger partial charge in [-0.25, -0.2) is 4.98 Å². The van der Waals surface area contributed by atoms with Gasteiger partial charge >= 0.3 is 0 Å². The van der Waals surface area contributed by atoms with Gasteiger partial charge in [-0.1, -0.05) is 29.5 Å². The molecule has 1 aliphatic rings. The standard InChI is InChI=1S/C16H19N3S.2ClH/c1-11-5-6-12(10-13(11)17)7-8-15-19-14-4-2-3-9-18-16(14)20-15;;/h5-8,10,18H,2-4,9,17H2,1H3;2*1H. The molecule has 22 heavy (non-hydrogen) atoms. The first-order valence-corrected chi connectivity index (χ1v) is 7.82. The Morgan fingerprint density at radius 3 is 2.82 bits per heavy atom. The minimum atomic E-state index is 0. The molecule has 1 aromatic heterocycles. The predicted octanol–water partition coefficient (Wildman–Crippen LogP) is 4.80. The summed E-state index contributed by atoms with van der Waals surface area (Å²) in [7, 11) is 0. The Morgan fingerprint density at radius 2 is 2.05 bits per heavy atom. The number of aryl methyl sites for hydroxylation is 2. The summed E-state index contributed by atoms with van der Waals surface area (Å²) in [6.07, 6.45) is 7.70. The van der Waals surface area contributed by atoms with Crippen molar-refractivity contribution in [2.75, 3.05) is 17.6 Å². The van der Waals surface area contributed by atoms with Crippen LogP contribution >= 0.6 is 36.2 Å².